The first-order valence-corrected chi connectivity index (χ1v) is 11.4. The number of nitrogens with one attached hydrogen (secondary N) is 1. The van der Waals surface area contributed by atoms with E-state index in [0.717, 1.165) is 11.3 Å². The van der Waals surface area contributed by atoms with E-state index >= 15 is 0 Å². The predicted molar refractivity (Wildman–Crippen MR) is 122 cm³/mol. The van der Waals surface area contributed by atoms with Crippen LogP contribution in [0.4, 0.5) is 0 Å². The van der Waals surface area contributed by atoms with Crippen LogP contribution in [0.25, 0.3) is 0 Å². The Morgan fingerprint density at radius 1 is 1.10 bits per heavy atom. The van der Waals surface area contributed by atoms with Gasteiger partial charge in [0, 0.05) is 23.9 Å². The van der Waals surface area contributed by atoms with Crippen molar-refractivity contribution in [1.29, 1.82) is 0 Å². The number of carbonyl (C=O) groups is 2. The van der Waals surface area contributed by atoms with E-state index in [4.69, 9.17) is 11.6 Å². The first kappa shape index (κ1) is 23.3. The van der Waals surface area contributed by atoms with E-state index in [-0.39, 0.29) is 11.8 Å². The van der Waals surface area contributed by atoms with Gasteiger partial charge in [-0.25, -0.2) is 0 Å². The smallest absolute Gasteiger partial charge is 0.242 e. The molecular formula is C23H29ClN2O2S. The molecule has 0 saturated heterocycles. The summed E-state index contributed by atoms with van der Waals surface area (Å²) in [5.41, 5.74) is 3.36. The Morgan fingerprint density at radius 2 is 1.83 bits per heavy atom. The van der Waals surface area contributed by atoms with Crippen molar-refractivity contribution < 1.29 is 9.59 Å². The maximum absolute atomic E-state index is 13.1. The monoisotopic (exact) mass is 432 g/mol. The van der Waals surface area contributed by atoms with Gasteiger partial charge in [0.05, 0.1) is 5.75 Å². The molecular weight excluding hydrogens is 404 g/mol. The lowest BCUT2D eigenvalue weighted by Gasteiger charge is -2.30. The van der Waals surface area contributed by atoms with Gasteiger partial charge in [0.25, 0.3) is 0 Å². The molecule has 4 nitrogen and oxygen atoms in total. The minimum Gasteiger partial charge on any atom is -0.355 e. The number of hydrogen-bond donors (Lipinski definition) is 1. The summed E-state index contributed by atoms with van der Waals surface area (Å²) in [6.45, 7) is 6.80. The lowest BCUT2D eigenvalue weighted by atomic mass is 10.1. The lowest BCUT2D eigenvalue weighted by molar-refractivity contribution is -0.139. The Kier molecular flexibility index (Phi) is 9.55. The molecule has 0 bridgehead atoms. The molecule has 2 amide bonds. The molecule has 6 heteroatoms. The molecule has 156 valence electrons. The summed E-state index contributed by atoms with van der Waals surface area (Å²) in [5, 5.41) is 3.50. The highest BCUT2D eigenvalue weighted by Gasteiger charge is 2.28. The zero-order chi connectivity index (χ0) is 21.2. The van der Waals surface area contributed by atoms with Gasteiger partial charge in [-0.05, 0) is 43.5 Å². The molecule has 0 aliphatic rings. The van der Waals surface area contributed by atoms with E-state index in [0.29, 0.717) is 30.3 Å². The molecule has 1 atom stereocenters. The molecule has 0 saturated carbocycles. The van der Waals surface area contributed by atoms with Crippen molar-refractivity contribution in [2.45, 2.75) is 45.5 Å². The van der Waals surface area contributed by atoms with Gasteiger partial charge >= 0.3 is 0 Å². The molecule has 0 heterocycles. The Labute approximate surface area is 183 Å². The molecule has 0 spiro atoms. The standard InChI is InChI=1S/C23H29ClN2O2S/c1-4-21(23(28)25-5-2)26(14-18-9-11-20(24)12-10-18)22(27)16-29-15-19-8-6-7-17(3)13-19/h6-13,21H,4-5,14-16H2,1-3H3,(H,25,28)/t21-/m1/s1. The molecule has 2 aromatic rings. The number of benzene rings is 2. The maximum Gasteiger partial charge on any atom is 0.242 e. The molecule has 0 aliphatic heterocycles. The van der Waals surface area contributed by atoms with Crippen LogP contribution in [0.1, 0.15) is 37.0 Å². The molecule has 0 aliphatic carbocycles. The SMILES string of the molecule is CCNC(=O)[C@@H](CC)N(Cc1ccc(Cl)cc1)C(=O)CSCc1cccc(C)c1. The van der Waals surface area contributed by atoms with Gasteiger partial charge < -0.3 is 10.2 Å². The molecule has 0 radical (unpaired) electrons. The van der Waals surface area contributed by atoms with Gasteiger partial charge in [-0.3, -0.25) is 9.59 Å². The fraction of sp³-hybridized carbons (Fsp3) is 0.391. The fourth-order valence-corrected chi connectivity index (χ4v) is 4.12. The van der Waals surface area contributed by atoms with Crippen molar-refractivity contribution in [3.8, 4) is 0 Å². The normalized spacial score (nSPS) is 11.7. The molecule has 29 heavy (non-hydrogen) atoms. The summed E-state index contributed by atoms with van der Waals surface area (Å²) in [7, 11) is 0. The minimum absolute atomic E-state index is 0.0318. The number of hydrogen-bond acceptors (Lipinski definition) is 3. The highest BCUT2D eigenvalue weighted by atomic mass is 35.5. The number of aryl methyl sites for hydroxylation is 1. The van der Waals surface area contributed by atoms with E-state index in [9.17, 15) is 9.59 Å². The van der Waals surface area contributed by atoms with Crippen LogP contribution in [0.5, 0.6) is 0 Å². The van der Waals surface area contributed by atoms with Gasteiger partial charge in [-0.1, -0.05) is 60.5 Å². The Morgan fingerprint density at radius 3 is 2.45 bits per heavy atom. The minimum atomic E-state index is -0.488. The number of carbonyl (C=O) groups excluding carboxylic acids is 2. The lowest BCUT2D eigenvalue weighted by Crippen LogP contribution is -2.49. The number of thioether (sulfide) groups is 1. The highest BCUT2D eigenvalue weighted by Crippen LogP contribution is 2.19. The van der Waals surface area contributed by atoms with Crippen LogP contribution in [-0.2, 0) is 21.9 Å². The van der Waals surface area contributed by atoms with Crippen molar-refractivity contribution in [2.75, 3.05) is 12.3 Å². The zero-order valence-corrected chi connectivity index (χ0v) is 18.9. The first-order valence-electron chi connectivity index (χ1n) is 9.89. The summed E-state index contributed by atoms with van der Waals surface area (Å²) in [6, 6.07) is 15.2. The van der Waals surface area contributed by atoms with Crippen molar-refractivity contribution >= 4 is 35.2 Å². The highest BCUT2D eigenvalue weighted by molar-refractivity contribution is 7.99. The average molecular weight is 433 g/mol. The van der Waals surface area contributed by atoms with E-state index in [1.165, 1.54) is 11.1 Å². The van der Waals surface area contributed by atoms with Gasteiger partial charge in [0.15, 0.2) is 0 Å². The number of amides is 2. The largest absolute Gasteiger partial charge is 0.355 e. The van der Waals surface area contributed by atoms with Crippen LogP contribution < -0.4 is 5.32 Å². The summed E-state index contributed by atoms with van der Waals surface area (Å²) >= 11 is 7.56. The van der Waals surface area contributed by atoms with Crippen LogP contribution in [-0.4, -0.2) is 35.1 Å². The third kappa shape index (κ3) is 7.41. The zero-order valence-electron chi connectivity index (χ0n) is 17.3. The number of halogens is 1. The number of rotatable bonds is 10. The second-order valence-corrected chi connectivity index (χ2v) is 8.37. The molecule has 0 aromatic heterocycles. The van der Waals surface area contributed by atoms with Crippen molar-refractivity contribution in [2.24, 2.45) is 0 Å². The number of likely N-dealkylation sites (N-methyl/N-ethyl adjacent to an activating group) is 1. The Balaban J connectivity index is 2.10. The molecule has 2 aromatic carbocycles. The molecule has 2 rings (SSSR count). The topological polar surface area (TPSA) is 49.4 Å². The molecule has 0 fully saturated rings. The van der Waals surface area contributed by atoms with Gasteiger partial charge in [-0.15, -0.1) is 11.8 Å². The predicted octanol–water partition coefficient (Wildman–Crippen LogP) is 4.83. The van der Waals surface area contributed by atoms with Gasteiger partial charge in [-0.2, -0.15) is 0 Å². The van der Waals surface area contributed by atoms with Crippen molar-refractivity contribution in [3.63, 3.8) is 0 Å². The summed E-state index contributed by atoms with van der Waals surface area (Å²) in [4.78, 5) is 27.3. The Bertz CT molecular complexity index is 811. The quantitative estimate of drug-likeness (QED) is 0.585. The number of nitrogens with zero attached hydrogens (tertiary/aromatic N) is 1. The van der Waals surface area contributed by atoms with Gasteiger partial charge in [0.1, 0.15) is 6.04 Å². The molecule has 0 unspecified atom stereocenters. The third-order valence-electron chi connectivity index (χ3n) is 4.58. The average Bonchev–Trinajstić information content (AvgIpc) is 2.69. The van der Waals surface area contributed by atoms with Gasteiger partial charge in [0.2, 0.25) is 11.8 Å². The second-order valence-electron chi connectivity index (χ2n) is 6.95. The van der Waals surface area contributed by atoms with E-state index in [1.807, 2.05) is 32.0 Å². The Hall–Kier alpha value is -1.98. The van der Waals surface area contributed by atoms with Crippen molar-refractivity contribution in [1.82, 2.24) is 10.2 Å². The van der Waals surface area contributed by atoms with Crippen LogP contribution in [0, 0.1) is 6.92 Å². The summed E-state index contributed by atoms with van der Waals surface area (Å²) in [6.07, 6.45) is 0.563. The summed E-state index contributed by atoms with van der Waals surface area (Å²) in [5.74, 6) is 0.953. The second kappa shape index (κ2) is 11.9. The van der Waals surface area contributed by atoms with Crippen molar-refractivity contribution in [3.05, 3.63) is 70.2 Å². The third-order valence-corrected chi connectivity index (χ3v) is 5.82. The first-order chi connectivity index (χ1) is 13.9. The van der Waals surface area contributed by atoms with Crippen LogP contribution in [0.3, 0.4) is 0 Å². The van der Waals surface area contributed by atoms with Crippen LogP contribution in [0.2, 0.25) is 5.02 Å². The van der Waals surface area contributed by atoms with Crippen LogP contribution in [0.15, 0.2) is 48.5 Å². The van der Waals surface area contributed by atoms with E-state index in [2.05, 4.69) is 30.4 Å². The summed E-state index contributed by atoms with van der Waals surface area (Å²) < 4.78 is 0. The maximum atomic E-state index is 13.1. The van der Waals surface area contributed by atoms with E-state index in [1.54, 1.807) is 28.8 Å². The molecule has 1 N–H and O–H groups in total. The van der Waals surface area contributed by atoms with Crippen LogP contribution >= 0.6 is 23.4 Å². The van der Waals surface area contributed by atoms with E-state index < -0.39 is 6.04 Å². The fourth-order valence-electron chi connectivity index (χ4n) is 3.14.